The lowest BCUT2D eigenvalue weighted by atomic mass is 9.92. The number of esters is 1. The van der Waals surface area contributed by atoms with Gasteiger partial charge in [-0.1, -0.05) is 46.3 Å². The fraction of sp³-hybridized carbons (Fsp3) is 0.500. The summed E-state index contributed by atoms with van der Waals surface area (Å²) in [7, 11) is -3.90. The Labute approximate surface area is 154 Å². The highest BCUT2D eigenvalue weighted by molar-refractivity contribution is 9.10. The molecule has 0 radical (unpaired) electrons. The van der Waals surface area contributed by atoms with E-state index in [1.165, 1.54) is 13.8 Å². The van der Waals surface area contributed by atoms with E-state index in [1.54, 1.807) is 24.3 Å². The number of aliphatic hydroxyl groups excluding tert-OH is 1. The molecule has 0 aromatic heterocycles. The van der Waals surface area contributed by atoms with Gasteiger partial charge in [-0.15, -0.1) is 0 Å². The van der Waals surface area contributed by atoms with Gasteiger partial charge >= 0.3 is 5.97 Å². The fourth-order valence-corrected chi connectivity index (χ4v) is 6.80. The number of amides is 1. The van der Waals surface area contributed by atoms with Crippen LogP contribution in [-0.4, -0.2) is 57.4 Å². The van der Waals surface area contributed by atoms with Crippen LogP contribution in [0.2, 0.25) is 0 Å². The molecule has 3 rings (SSSR count). The van der Waals surface area contributed by atoms with Gasteiger partial charge in [-0.25, -0.2) is 13.2 Å². The number of benzene rings is 1. The van der Waals surface area contributed by atoms with Crippen LogP contribution in [0.25, 0.3) is 0 Å². The van der Waals surface area contributed by atoms with E-state index >= 15 is 0 Å². The van der Waals surface area contributed by atoms with Crippen LogP contribution in [0.3, 0.4) is 0 Å². The summed E-state index contributed by atoms with van der Waals surface area (Å²) in [5, 5.41) is 8.18. The second-order valence-electron chi connectivity index (χ2n) is 6.73. The minimum absolute atomic E-state index is 0.0154. The van der Waals surface area contributed by atoms with Gasteiger partial charge in [-0.2, -0.15) is 0 Å². The van der Waals surface area contributed by atoms with Crippen molar-refractivity contribution >= 4 is 37.6 Å². The summed E-state index contributed by atoms with van der Waals surface area (Å²) in [6, 6.07) is 7.71. The largest absolute Gasteiger partial charge is 0.459 e. The van der Waals surface area contributed by atoms with Gasteiger partial charge in [0.05, 0.1) is 6.61 Å². The molecule has 2 saturated heterocycles. The molecule has 0 unspecified atom stereocenters. The topological polar surface area (TPSA) is 101 Å². The van der Waals surface area contributed by atoms with Crippen molar-refractivity contribution in [1.82, 2.24) is 4.90 Å². The first-order chi connectivity index (χ1) is 11.6. The number of carbonyl (C=O) groups excluding carboxylic acids is 2. The van der Waals surface area contributed by atoms with Gasteiger partial charge < -0.3 is 14.7 Å². The Morgan fingerprint density at radius 1 is 1.32 bits per heavy atom. The first-order valence-electron chi connectivity index (χ1n) is 7.65. The normalized spacial score (nSPS) is 32.0. The van der Waals surface area contributed by atoms with Crippen molar-refractivity contribution in [3.63, 3.8) is 0 Å². The van der Waals surface area contributed by atoms with Gasteiger partial charge in [0.25, 0.3) is 0 Å². The number of ether oxygens (including phenoxy) is 1. The van der Waals surface area contributed by atoms with Gasteiger partial charge in [0, 0.05) is 0 Å². The van der Waals surface area contributed by atoms with Gasteiger partial charge in [0.2, 0.25) is 5.91 Å². The highest BCUT2D eigenvalue weighted by Crippen LogP contribution is 2.53. The molecule has 1 aromatic carbocycles. The first kappa shape index (κ1) is 18.3. The molecule has 2 aliphatic heterocycles. The lowest BCUT2D eigenvalue weighted by Crippen LogP contribution is -2.73. The third-order valence-corrected chi connectivity index (χ3v) is 9.11. The van der Waals surface area contributed by atoms with Crippen molar-refractivity contribution in [2.24, 2.45) is 0 Å². The van der Waals surface area contributed by atoms with E-state index in [2.05, 4.69) is 15.9 Å². The van der Waals surface area contributed by atoms with Crippen LogP contribution in [0.15, 0.2) is 30.3 Å². The number of β-lactam (4-membered cyclic amide) rings is 1. The Hall–Kier alpha value is -1.45. The molecule has 0 saturated carbocycles. The van der Waals surface area contributed by atoms with Gasteiger partial charge in [-0.3, -0.25) is 4.79 Å². The second-order valence-corrected chi connectivity index (χ2v) is 10.7. The maximum atomic E-state index is 12.8. The molecular formula is C16H18BrNO6S. The van der Waals surface area contributed by atoms with E-state index in [1.807, 2.05) is 6.07 Å². The molecule has 0 aliphatic carbocycles. The standard InChI is InChI=1S/C16H18BrNO6S/c1-15(2)11(12(20)24-8-10-6-4-3-5-7-10)18-13(21)16(17,9-19)14(18)25(15,22)23/h3-7,11,14,19H,8-9H2,1-2H3/t11-,14+,16-/m0/s1. The quantitative estimate of drug-likeness (QED) is 0.425. The molecule has 0 bridgehead atoms. The minimum atomic E-state index is -3.90. The third-order valence-electron chi connectivity index (χ3n) is 4.88. The van der Waals surface area contributed by atoms with Crippen LogP contribution in [0, 0.1) is 0 Å². The molecule has 3 atom stereocenters. The van der Waals surface area contributed by atoms with E-state index in [0.717, 1.165) is 10.5 Å². The number of nitrogens with zero attached hydrogens (tertiary/aromatic N) is 1. The van der Waals surface area contributed by atoms with Gasteiger partial charge in [0.1, 0.15) is 17.4 Å². The number of carbonyl (C=O) groups is 2. The minimum Gasteiger partial charge on any atom is -0.459 e. The molecule has 9 heteroatoms. The number of hydrogen-bond donors (Lipinski definition) is 1. The molecule has 2 heterocycles. The van der Waals surface area contributed by atoms with E-state index in [4.69, 9.17) is 4.74 Å². The van der Waals surface area contributed by atoms with Crippen molar-refractivity contribution in [3.8, 4) is 0 Å². The van der Waals surface area contributed by atoms with Gasteiger partial charge in [0.15, 0.2) is 19.5 Å². The van der Waals surface area contributed by atoms with Crippen molar-refractivity contribution in [2.45, 2.75) is 40.9 Å². The predicted octanol–water partition coefficient (Wildman–Crippen LogP) is 0.600. The number of hydrogen-bond acceptors (Lipinski definition) is 6. The van der Waals surface area contributed by atoms with Crippen molar-refractivity contribution < 1.29 is 27.9 Å². The summed E-state index contributed by atoms with van der Waals surface area (Å²) in [4.78, 5) is 26.0. The number of alkyl halides is 1. The fourth-order valence-electron chi connectivity index (χ4n) is 3.36. The molecule has 1 N–H and O–H groups in total. The van der Waals surface area contributed by atoms with Gasteiger partial charge in [-0.05, 0) is 19.4 Å². The Morgan fingerprint density at radius 3 is 2.48 bits per heavy atom. The summed E-state index contributed by atoms with van der Waals surface area (Å²) in [5.41, 5.74) is 0.756. The summed E-state index contributed by atoms with van der Waals surface area (Å²) in [6.07, 6.45) is 0. The summed E-state index contributed by atoms with van der Waals surface area (Å²) in [5.74, 6) is -1.41. The maximum absolute atomic E-state index is 12.8. The average molecular weight is 432 g/mol. The highest BCUT2D eigenvalue weighted by Gasteiger charge is 2.77. The predicted molar refractivity (Wildman–Crippen MR) is 92.4 cm³/mol. The van der Waals surface area contributed by atoms with Crippen LogP contribution in [0.4, 0.5) is 0 Å². The number of rotatable bonds is 4. The maximum Gasteiger partial charge on any atom is 0.330 e. The van der Waals surface area contributed by atoms with Crippen LogP contribution in [0.1, 0.15) is 19.4 Å². The van der Waals surface area contributed by atoms with Crippen LogP contribution < -0.4 is 0 Å². The zero-order chi connectivity index (χ0) is 18.6. The molecule has 0 spiro atoms. The van der Waals surface area contributed by atoms with E-state index in [0.29, 0.717) is 0 Å². The number of fused-ring (bicyclic) bond motifs is 1. The zero-order valence-electron chi connectivity index (χ0n) is 13.7. The monoisotopic (exact) mass is 431 g/mol. The van der Waals surface area contributed by atoms with Crippen molar-refractivity contribution in [1.29, 1.82) is 0 Å². The SMILES string of the molecule is CC1(C)[C@H](C(=O)OCc2ccccc2)N2C(=O)[C@@](Br)(CO)[C@H]2S1(=O)=O. The molecule has 2 fully saturated rings. The Morgan fingerprint density at radius 2 is 1.92 bits per heavy atom. The Kier molecular flexibility index (Phi) is 4.24. The smallest absolute Gasteiger partial charge is 0.330 e. The number of aliphatic hydroxyl groups is 1. The lowest BCUT2D eigenvalue weighted by Gasteiger charge is -2.48. The molecule has 7 nitrogen and oxygen atoms in total. The van der Waals surface area contributed by atoms with Crippen LogP contribution >= 0.6 is 15.9 Å². The third kappa shape index (κ3) is 2.36. The molecule has 25 heavy (non-hydrogen) atoms. The zero-order valence-corrected chi connectivity index (χ0v) is 16.1. The first-order valence-corrected chi connectivity index (χ1v) is 9.99. The Balaban J connectivity index is 1.88. The van der Waals surface area contributed by atoms with Crippen molar-refractivity contribution in [2.75, 3.05) is 6.61 Å². The molecule has 1 amide bonds. The van der Waals surface area contributed by atoms with E-state index in [-0.39, 0.29) is 6.61 Å². The Bertz CT molecular complexity index is 824. The number of halogens is 1. The second kappa shape index (κ2) is 5.78. The molecule has 1 aromatic rings. The summed E-state index contributed by atoms with van der Waals surface area (Å²) < 4.78 is 27.8. The van der Waals surface area contributed by atoms with E-state index in [9.17, 15) is 23.1 Å². The molecule has 2 aliphatic rings. The lowest BCUT2D eigenvalue weighted by molar-refractivity contribution is -0.166. The average Bonchev–Trinajstić information content (AvgIpc) is 2.74. The van der Waals surface area contributed by atoms with Crippen LogP contribution in [-0.2, 0) is 30.8 Å². The van der Waals surface area contributed by atoms with Crippen molar-refractivity contribution in [3.05, 3.63) is 35.9 Å². The van der Waals surface area contributed by atoms with Crippen LogP contribution in [0.5, 0.6) is 0 Å². The van der Waals surface area contributed by atoms with E-state index < -0.39 is 48.8 Å². The summed E-state index contributed by atoms with van der Waals surface area (Å²) in [6.45, 7) is 2.10. The summed E-state index contributed by atoms with van der Waals surface area (Å²) >= 11 is 3.05. The molecular weight excluding hydrogens is 414 g/mol. The number of sulfone groups is 1. The highest BCUT2D eigenvalue weighted by atomic mass is 79.9. The molecule has 136 valence electrons.